The molecule has 0 amide bonds. The van der Waals surface area contributed by atoms with E-state index < -0.39 is 57.7 Å². The Kier molecular flexibility index (Phi) is 16.4. The van der Waals surface area contributed by atoms with Crippen LogP contribution in [0, 0.1) is 0 Å². The first-order valence-electron chi connectivity index (χ1n) is 19.5. The van der Waals surface area contributed by atoms with Gasteiger partial charge in [-0.05, 0) is 69.8 Å². The maximum Gasteiger partial charge on any atom is 0.261 e. The lowest BCUT2D eigenvalue weighted by Gasteiger charge is -2.50. The van der Waals surface area contributed by atoms with Crippen molar-refractivity contribution in [1.82, 2.24) is 0 Å². The average molecular weight is 807 g/mol. The van der Waals surface area contributed by atoms with Crippen LogP contribution in [0.3, 0.4) is 0 Å². The molecule has 2 rings (SSSR count). The van der Waals surface area contributed by atoms with Crippen molar-refractivity contribution in [3.05, 3.63) is 60.7 Å². The predicted octanol–water partition coefficient (Wildman–Crippen LogP) is 9.72. The van der Waals surface area contributed by atoms with Crippen molar-refractivity contribution in [3.63, 3.8) is 0 Å². The summed E-state index contributed by atoms with van der Waals surface area (Å²) in [7, 11) is -8.67. The highest BCUT2D eigenvalue weighted by molar-refractivity contribution is 6.99. The van der Waals surface area contributed by atoms with Gasteiger partial charge in [0, 0.05) is 7.11 Å². The van der Waals surface area contributed by atoms with Crippen LogP contribution in [-0.2, 0) is 27.2 Å². The summed E-state index contributed by atoms with van der Waals surface area (Å²) < 4.78 is 42.1. The monoisotopic (exact) mass is 806 g/mol. The topological polar surface area (TPSA) is 75.6 Å². The SMILES string of the molecule is COCO[C@@H]([C@@H](O[Si](C)(C)C(C)(C)C)[C@@H](CO)O[Si](C)(C)C(C)(C)C)[C@@H](CO[Si](c1ccccc1)(c1ccccc1)C(C)(C)C)O[Si](C)(C)C(C)(C)C. The van der Waals surface area contributed by atoms with E-state index in [0.717, 1.165) is 0 Å². The van der Waals surface area contributed by atoms with E-state index in [0.29, 0.717) is 0 Å². The molecular formula is C42H78O7Si4. The Morgan fingerprint density at radius 3 is 1.25 bits per heavy atom. The van der Waals surface area contributed by atoms with E-state index in [2.05, 4.69) is 183 Å². The summed E-state index contributed by atoms with van der Waals surface area (Å²) in [6.45, 7) is 40.5. The minimum Gasteiger partial charge on any atom is -0.409 e. The smallest absolute Gasteiger partial charge is 0.261 e. The average Bonchev–Trinajstić information content (AvgIpc) is 3.02. The molecule has 0 unspecified atom stereocenters. The van der Waals surface area contributed by atoms with Gasteiger partial charge in [0.2, 0.25) is 0 Å². The van der Waals surface area contributed by atoms with Gasteiger partial charge in [0.25, 0.3) is 8.32 Å². The van der Waals surface area contributed by atoms with Crippen molar-refractivity contribution in [2.75, 3.05) is 27.1 Å². The lowest BCUT2D eigenvalue weighted by Crippen LogP contribution is -2.68. The predicted molar refractivity (Wildman–Crippen MR) is 234 cm³/mol. The fourth-order valence-corrected chi connectivity index (χ4v) is 14.4. The number of benzene rings is 2. The van der Waals surface area contributed by atoms with Gasteiger partial charge in [-0.1, -0.05) is 144 Å². The van der Waals surface area contributed by atoms with Crippen LogP contribution in [0.25, 0.3) is 0 Å². The van der Waals surface area contributed by atoms with E-state index in [9.17, 15) is 5.11 Å². The summed E-state index contributed by atoms with van der Waals surface area (Å²) in [5.41, 5.74) is 0. The van der Waals surface area contributed by atoms with E-state index in [4.69, 9.17) is 27.2 Å². The van der Waals surface area contributed by atoms with Crippen LogP contribution in [0.4, 0.5) is 0 Å². The zero-order valence-electron chi connectivity index (χ0n) is 37.1. The third-order valence-corrected chi connectivity index (χ3v) is 30.7. The molecule has 2 aromatic rings. The Balaban J connectivity index is 2.98. The van der Waals surface area contributed by atoms with Gasteiger partial charge < -0.3 is 32.3 Å². The molecule has 4 atom stereocenters. The molecule has 0 spiro atoms. The maximum atomic E-state index is 11.3. The lowest BCUT2D eigenvalue weighted by atomic mass is 10.0. The Morgan fingerprint density at radius 2 is 0.906 bits per heavy atom. The van der Waals surface area contributed by atoms with Crippen LogP contribution in [0.15, 0.2) is 60.7 Å². The molecule has 0 radical (unpaired) electrons. The van der Waals surface area contributed by atoms with E-state index in [1.54, 1.807) is 7.11 Å². The van der Waals surface area contributed by atoms with E-state index in [1.807, 2.05) is 0 Å². The van der Waals surface area contributed by atoms with Gasteiger partial charge in [-0.3, -0.25) is 0 Å². The van der Waals surface area contributed by atoms with Crippen molar-refractivity contribution in [2.45, 2.75) is 167 Å². The molecule has 7 nitrogen and oxygen atoms in total. The molecule has 0 saturated carbocycles. The largest absolute Gasteiger partial charge is 0.409 e. The van der Waals surface area contributed by atoms with E-state index in [1.165, 1.54) is 10.4 Å². The van der Waals surface area contributed by atoms with Gasteiger partial charge in [0.05, 0.1) is 25.4 Å². The minimum absolute atomic E-state index is 0.0246. The summed E-state index contributed by atoms with van der Waals surface area (Å²) in [5, 5.41) is 13.1. The molecule has 304 valence electrons. The number of rotatable bonds is 18. The Morgan fingerprint density at radius 1 is 0.528 bits per heavy atom. The molecule has 0 saturated heterocycles. The van der Waals surface area contributed by atoms with Crippen molar-refractivity contribution in [1.29, 1.82) is 0 Å². The second-order valence-electron chi connectivity index (χ2n) is 20.4. The molecule has 0 heterocycles. The summed E-state index contributed by atoms with van der Waals surface area (Å²) in [4.78, 5) is 0. The summed E-state index contributed by atoms with van der Waals surface area (Å²) in [6, 6.07) is 21.4. The van der Waals surface area contributed by atoms with Crippen molar-refractivity contribution in [3.8, 4) is 0 Å². The van der Waals surface area contributed by atoms with Gasteiger partial charge in [-0.25, -0.2) is 0 Å². The van der Waals surface area contributed by atoms with Gasteiger partial charge in [-0.15, -0.1) is 0 Å². The zero-order chi connectivity index (χ0) is 40.9. The highest BCUT2D eigenvalue weighted by atomic mass is 28.4. The van der Waals surface area contributed by atoms with Crippen LogP contribution >= 0.6 is 0 Å². The number of ether oxygens (including phenoxy) is 2. The highest BCUT2D eigenvalue weighted by Crippen LogP contribution is 2.44. The number of hydrogen-bond donors (Lipinski definition) is 1. The van der Waals surface area contributed by atoms with Gasteiger partial charge in [-0.2, -0.15) is 0 Å². The molecule has 0 fully saturated rings. The molecule has 0 aliphatic rings. The van der Waals surface area contributed by atoms with Crippen LogP contribution < -0.4 is 10.4 Å². The lowest BCUT2D eigenvalue weighted by molar-refractivity contribution is -0.172. The van der Waals surface area contributed by atoms with Gasteiger partial charge >= 0.3 is 0 Å². The van der Waals surface area contributed by atoms with Crippen molar-refractivity contribution in [2.24, 2.45) is 0 Å². The molecule has 1 N–H and O–H groups in total. The fourth-order valence-electron chi connectivity index (χ4n) is 5.92. The Bertz CT molecular complexity index is 1340. The van der Waals surface area contributed by atoms with E-state index in [-0.39, 0.29) is 40.2 Å². The third kappa shape index (κ3) is 11.8. The number of hydrogen-bond acceptors (Lipinski definition) is 7. The zero-order valence-corrected chi connectivity index (χ0v) is 41.1. The normalized spacial score (nSPS) is 16.7. The number of aliphatic hydroxyl groups is 1. The molecule has 0 aliphatic heterocycles. The Labute approximate surface area is 329 Å². The maximum absolute atomic E-state index is 11.3. The number of methoxy groups -OCH3 is 1. The Hall–Kier alpha value is -0.972. The van der Waals surface area contributed by atoms with Gasteiger partial charge in [0.1, 0.15) is 19.0 Å². The van der Waals surface area contributed by atoms with Crippen LogP contribution in [0.5, 0.6) is 0 Å². The van der Waals surface area contributed by atoms with Crippen molar-refractivity contribution >= 4 is 43.6 Å². The van der Waals surface area contributed by atoms with Crippen LogP contribution in [-0.4, -0.2) is 89.9 Å². The molecule has 2 aromatic carbocycles. The summed E-state index contributed by atoms with van der Waals surface area (Å²) in [6.07, 6.45) is -2.58. The van der Waals surface area contributed by atoms with Crippen LogP contribution in [0.2, 0.25) is 59.4 Å². The number of aliphatic hydroxyl groups excluding tert-OH is 1. The van der Waals surface area contributed by atoms with Crippen LogP contribution in [0.1, 0.15) is 83.1 Å². The first-order chi connectivity index (χ1) is 24.0. The molecular weight excluding hydrogens is 729 g/mol. The summed E-state index contributed by atoms with van der Waals surface area (Å²) >= 11 is 0. The second kappa shape index (κ2) is 18.1. The fraction of sp³-hybridized carbons (Fsp3) is 0.714. The first-order valence-corrected chi connectivity index (χ1v) is 30.1. The highest BCUT2D eigenvalue weighted by Gasteiger charge is 2.54. The molecule has 0 aromatic heterocycles. The first kappa shape index (κ1) is 48.2. The standard InChI is InChI=1S/C42H78O7Si4/c1-39(2,3)50(14,15)47-35(30-43)38(49-52(18,19)41(7,8)9)37(45-32-44-13)36(48-51(16,17)40(4,5)6)31-46-53(42(10,11)12,33-26-22-20-23-27-33)34-28-24-21-25-29-34/h20-29,35-38,43H,30-32H2,1-19H3/t35-,36-,37-,38+/m1/s1. The van der Waals surface area contributed by atoms with E-state index >= 15 is 0 Å². The van der Waals surface area contributed by atoms with Gasteiger partial charge in [0.15, 0.2) is 25.0 Å². The second-order valence-corrected chi connectivity index (χ2v) is 38.9. The minimum atomic E-state index is -2.98. The quantitative estimate of drug-likeness (QED) is 0.119. The third-order valence-electron chi connectivity index (χ3n) is 12.2. The molecule has 11 heteroatoms. The van der Waals surface area contributed by atoms with Crippen molar-refractivity contribution < 1.29 is 32.3 Å². The molecule has 0 aliphatic carbocycles. The molecule has 0 bridgehead atoms. The summed E-state index contributed by atoms with van der Waals surface area (Å²) in [5.74, 6) is 0. The molecule has 53 heavy (non-hydrogen) atoms.